The van der Waals surface area contributed by atoms with Gasteiger partial charge >= 0.3 is 0 Å². The molecule has 0 bridgehead atoms. The molecule has 480 valence electrons. The number of hydrogen-bond donors (Lipinski definition) is 0. The van der Waals surface area contributed by atoms with Gasteiger partial charge in [0.15, 0.2) is 0 Å². The van der Waals surface area contributed by atoms with Crippen molar-refractivity contribution in [3.8, 4) is 0 Å². The number of hydroxylamine groups is 24. The van der Waals surface area contributed by atoms with Crippen LogP contribution in [-0.2, 0) is 57.0 Å². The Bertz CT molecular complexity index is 1100. The molecule has 0 aromatic carbocycles. The van der Waals surface area contributed by atoms with Crippen LogP contribution < -0.4 is 39.1 Å². The van der Waals surface area contributed by atoms with E-state index < -0.39 is 31.6 Å². The summed E-state index contributed by atoms with van der Waals surface area (Å²) in [4.78, 5) is 108. The van der Waals surface area contributed by atoms with Crippen LogP contribution >= 0.6 is 31.6 Å². The highest BCUT2D eigenvalue weighted by atomic mass is 31.2. The van der Waals surface area contributed by atoms with Gasteiger partial charge in [0.2, 0.25) is 0 Å². The van der Waals surface area contributed by atoms with E-state index in [1.165, 1.54) is 0 Å². The summed E-state index contributed by atoms with van der Waals surface area (Å²) in [6.45, 7) is 24.8. The van der Waals surface area contributed by atoms with Crippen molar-refractivity contribution < 1.29 is 150 Å². The quantitative estimate of drug-likeness (QED) is 0.0868. The SMILES string of the molecule is CC[N+](C)(C)OC.CC[N+](C)(C)OC.CC[N+](C)(C)OC.CC[N+](C)(C)OC.CC[N+](C)(C)OC.CC[N+](C)(C)OC.CC[N+](C)(C)OC.CC[N+](C)(C)OC.O=P([O-])([O-])F.O=P([O-])([O-])F.O=P([O-])([O-])F.O=P([O-])([O-])F. The average Bonchev–Trinajstić information content (AvgIpc) is 3.28. The van der Waals surface area contributed by atoms with E-state index in [1.807, 2.05) is 113 Å². The van der Waals surface area contributed by atoms with E-state index in [0.29, 0.717) is 37.2 Å². The van der Waals surface area contributed by atoms with Crippen molar-refractivity contribution in [3.05, 3.63) is 0 Å². The summed E-state index contributed by atoms with van der Waals surface area (Å²) >= 11 is 0. The second-order valence-electron chi connectivity index (χ2n) is 18.3. The highest BCUT2D eigenvalue weighted by Crippen LogP contribution is 2.23. The molecule has 0 aromatic rings. The van der Waals surface area contributed by atoms with Crippen molar-refractivity contribution in [3.63, 3.8) is 0 Å². The topological polar surface area (TPSA) is 327 Å². The largest absolute Gasteiger partial charge is 0.786 e. The van der Waals surface area contributed by atoms with Crippen molar-refractivity contribution in [1.82, 2.24) is 0 Å². The molecule has 0 N–H and O–H groups in total. The third-order valence-electron chi connectivity index (χ3n) is 10.0. The Balaban J connectivity index is -0.0000000589. The van der Waals surface area contributed by atoms with Crippen LogP contribution in [0.1, 0.15) is 55.4 Å². The van der Waals surface area contributed by atoms with E-state index in [2.05, 4.69) is 55.4 Å². The fourth-order valence-corrected chi connectivity index (χ4v) is 1.03. The van der Waals surface area contributed by atoms with Gasteiger partial charge in [0.25, 0.3) is 0 Å². The molecule has 0 fully saturated rings. The normalized spacial score (nSPS) is 11.9. The van der Waals surface area contributed by atoms with Crippen LogP contribution in [0, 0.1) is 0 Å². The van der Waals surface area contributed by atoms with Crippen molar-refractivity contribution >= 4 is 31.6 Å². The Morgan fingerprint density at radius 1 is 0.237 bits per heavy atom. The summed E-state index contributed by atoms with van der Waals surface area (Å²) in [6, 6.07) is 0. The van der Waals surface area contributed by atoms with Crippen LogP contribution in [0.25, 0.3) is 0 Å². The maximum Gasteiger partial charge on any atom is 0.110 e. The van der Waals surface area contributed by atoms with Gasteiger partial charge in [0.1, 0.15) is 84.0 Å². The van der Waals surface area contributed by atoms with Gasteiger partial charge < -0.3 is 57.4 Å². The van der Waals surface area contributed by atoms with Gasteiger partial charge in [-0.15, -0.1) is 0 Å². The zero-order chi connectivity index (χ0) is 65.3. The third-order valence-corrected chi connectivity index (χ3v) is 10.0. The summed E-state index contributed by atoms with van der Waals surface area (Å²) < 4.78 is 79.4. The average molecular weight is 1230 g/mol. The van der Waals surface area contributed by atoms with Gasteiger partial charge in [0, 0.05) is 0 Å². The van der Waals surface area contributed by atoms with Crippen molar-refractivity contribution in [2.45, 2.75) is 55.4 Å². The van der Waals surface area contributed by atoms with Crippen LogP contribution in [0.2, 0.25) is 0 Å². The van der Waals surface area contributed by atoms with Crippen molar-refractivity contribution in [1.29, 1.82) is 0 Å². The molecular weight excluding hydrogens is 1110 g/mol. The molecule has 36 heteroatoms. The van der Waals surface area contributed by atoms with Crippen LogP contribution in [0.15, 0.2) is 0 Å². The number of rotatable bonds is 16. The molecule has 0 aromatic heterocycles. The first-order valence-corrected chi connectivity index (χ1v) is 28.7. The number of quaternary nitrogens is 8. The molecule has 0 aliphatic rings. The Labute approximate surface area is 458 Å². The molecule has 0 aliphatic heterocycles. The molecule has 0 aliphatic carbocycles. The molecule has 0 amide bonds. The number of hydrogen-bond acceptors (Lipinski definition) is 20. The van der Waals surface area contributed by atoms with Crippen LogP contribution in [0.4, 0.5) is 16.8 Å². The first-order valence-electron chi connectivity index (χ1n) is 22.9. The minimum Gasteiger partial charge on any atom is -0.786 e. The lowest BCUT2D eigenvalue weighted by Crippen LogP contribution is -2.37. The van der Waals surface area contributed by atoms with Crippen molar-refractivity contribution in [2.75, 3.05) is 222 Å². The summed E-state index contributed by atoms with van der Waals surface area (Å²) in [6.07, 6.45) is 0. The van der Waals surface area contributed by atoms with Crippen molar-refractivity contribution in [2.24, 2.45) is 0 Å². The predicted octanol–water partition coefficient (Wildman–Crippen LogP) is 0.291. The molecule has 0 radical (unpaired) electrons. The summed E-state index contributed by atoms with van der Waals surface area (Å²) in [5.74, 6) is 0. The molecule has 0 rings (SSSR count). The van der Waals surface area contributed by atoms with E-state index in [9.17, 15) is 16.8 Å². The van der Waals surface area contributed by atoms with E-state index in [4.69, 9.17) is 96.1 Å². The molecule has 28 nitrogen and oxygen atoms in total. The molecule has 0 atom stereocenters. The van der Waals surface area contributed by atoms with Gasteiger partial charge in [0.05, 0.1) is 170 Å². The monoisotopic (exact) mass is 1220 g/mol. The minimum absolute atomic E-state index is 0.639. The minimum atomic E-state index is -5.64. The lowest BCUT2D eigenvalue weighted by atomic mass is 10.7. The molecule has 0 saturated carbocycles. The fraction of sp³-hybridized carbons (Fsp3) is 1.00. The lowest BCUT2D eigenvalue weighted by molar-refractivity contribution is -1.07. The van der Waals surface area contributed by atoms with E-state index in [-0.39, 0.29) is 0 Å². The standard InChI is InChI=1S/8C5H14NO.4FH2O3P/c8*1-5-6(2,3)7-4;4*1-5(2,3)4/h8*5H2,1-4H3;4*(H2,2,3,4)/q8*+1;;;;/p-8. The zero-order valence-electron chi connectivity index (χ0n) is 52.7. The first kappa shape index (κ1) is 104. The second-order valence-corrected chi connectivity index (χ2v) is 21.7. The predicted molar refractivity (Wildman–Crippen MR) is 272 cm³/mol. The first-order chi connectivity index (χ1) is 33.0. The van der Waals surface area contributed by atoms with Crippen LogP contribution in [0.5, 0.6) is 0 Å². The maximum atomic E-state index is 10.1. The van der Waals surface area contributed by atoms with Crippen LogP contribution in [-0.4, -0.2) is 259 Å². The smallest absolute Gasteiger partial charge is 0.110 e. The highest BCUT2D eigenvalue weighted by Gasteiger charge is 2.12. The fourth-order valence-electron chi connectivity index (χ4n) is 1.03. The van der Waals surface area contributed by atoms with Gasteiger partial charge in [-0.1, -0.05) is 0 Å². The zero-order valence-corrected chi connectivity index (χ0v) is 56.3. The van der Waals surface area contributed by atoms with Gasteiger partial charge in [-0.2, -0.15) is 37.2 Å². The summed E-state index contributed by atoms with van der Waals surface area (Å²) in [5, 5.41) is 0. The Morgan fingerprint density at radius 3 is 0.276 bits per heavy atom. The Morgan fingerprint density at radius 2 is 0.276 bits per heavy atom. The molecule has 0 unspecified atom stereocenters. The lowest BCUT2D eigenvalue weighted by Gasteiger charge is -2.22. The summed E-state index contributed by atoms with van der Waals surface area (Å²) in [7, 11) is 23.4. The third kappa shape index (κ3) is 171. The molecule has 0 spiro atoms. The van der Waals surface area contributed by atoms with E-state index in [1.54, 1.807) is 56.9 Å². The van der Waals surface area contributed by atoms with E-state index >= 15 is 0 Å². The second kappa shape index (κ2) is 52.7. The maximum absolute atomic E-state index is 10.1. The molecule has 76 heavy (non-hydrogen) atoms. The number of nitrogens with zero attached hydrogens (tertiary/aromatic N) is 8. The Hall–Kier alpha value is -0.320. The van der Waals surface area contributed by atoms with Gasteiger partial charge in [-0.05, 0) is 55.4 Å². The van der Waals surface area contributed by atoms with Gasteiger partial charge in [-0.3, -0.25) is 0 Å². The Kier molecular flexibility index (Phi) is 72.2. The summed E-state index contributed by atoms with van der Waals surface area (Å²) in [5.41, 5.74) is 0. The van der Waals surface area contributed by atoms with Gasteiger partial charge in [-0.25, -0.2) is 55.5 Å². The van der Waals surface area contributed by atoms with E-state index in [0.717, 1.165) is 52.4 Å². The van der Waals surface area contributed by atoms with Crippen LogP contribution in [0.3, 0.4) is 0 Å². The molecule has 0 heterocycles. The highest BCUT2D eigenvalue weighted by molar-refractivity contribution is 7.43. The molecule has 0 saturated heterocycles. The number of halogens is 4. The molecular formula is C40H112F4N8O20P4.